The molecule has 0 unspecified atom stereocenters. The van der Waals surface area contributed by atoms with Crippen molar-refractivity contribution in [3.8, 4) is 0 Å². The number of hydrogen-bond donors (Lipinski definition) is 1. The topological polar surface area (TPSA) is 63.1 Å². The van der Waals surface area contributed by atoms with Crippen molar-refractivity contribution in [1.82, 2.24) is 19.9 Å². The van der Waals surface area contributed by atoms with Gasteiger partial charge in [0.1, 0.15) is 0 Å². The summed E-state index contributed by atoms with van der Waals surface area (Å²) in [6.45, 7) is 2.18. The Morgan fingerprint density at radius 2 is 1.92 bits per heavy atom. The fourth-order valence-corrected chi connectivity index (χ4v) is 3.58. The van der Waals surface area contributed by atoms with E-state index in [9.17, 15) is 4.79 Å². The van der Waals surface area contributed by atoms with Crippen LogP contribution in [0.4, 0.5) is 5.95 Å². The monoisotopic (exact) mass is 349 g/mol. The number of aromatic nitrogens is 3. The lowest BCUT2D eigenvalue weighted by Crippen LogP contribution is -2.41. The number of imidazole rings is 1. The third kappa shape index (κ3) is 3.27. The number of nitrogens with zero attached hydrogens (tertiary/aromatic N) is 4. The zero-order chi connectivity index (χ0) is 17.9. The van der Waals surface area contributed by atoms with Crippen LogP contribution in [0.25, 0.3) is 11.0 Å². The first-order valence-electron chi connectivity index (χ1n) is 9.06. The van der Waals surface area contributed by atoms with E-state index in [4.69, 9.17) is 4.98 Å². The molecule has 2 aromatic heterocycles. The summed E-state index contributed by atoms with van der Waals surface area (Å²) in [6.07, 6.45) is 3.44. The summed E-state index contributed by atoms with van der Waals surface area (Å²) in [5.41, 5.74) is 3.04. The summed E-state index contributed by atoms with van der Waals surface area (Å²) < 4.78 is 2.14. The standard InChI is InChI=1S/C20H23N5O/c1-24-18-8-3-2-7-17(18)23-20(24)25-12-9-15(10-13-25)19(26)22-14-16-6-4-5-11-21-16/h2-8,11,15H,9-10,12-14H2,1H3,(H,22,26). The number of rotatable bonds is 4. The molecule has 0 spiro atoms. The predicted octanol–water partition coefficient (Wildman–Crippen LogP) is 2.50. The predicted molar refractivity (Wildman–Crippen MR) is 102 cm³/mol. The Balaban J connectivity index is 1.36. The fourth-order valence-electron chi connectivity index (χ4n) is 3.58. The molecule has 0 aliphatic carbocycles. The van der Waals surface area contributed by atoms with E-state index in [2.05, 4.69) is 32.9 Å². The van der Waals surface area contributed by atoms with Crippen LogP contribution in [0.15, 0.2) is 48.7 Å². The third-order valence-electron chi connectivity index (χ3n) is 5.08. The summed E-state index contributed by atoms with van der Waals surface area (Å²) in [5, 5.41) is 3.02. The van der Waals surface area contributed by atoms with Gasteiger partial charge in [-0.3, -0.25) is 9.78 Å². The second-order valence-electron chi connectivity index (χ2n) is 6.76. The van der Waals surface area contributed by atoms with Gasteiger partial charge in [0.2, 0.25) is 11.9 Å². The van der Waals surface area contributed by atoms with Crippen LogP contribution in [-0.4, -0.2) is 33.5 Å². The number of carbonyl (C=O) groups excluding carboxylic acids is 1. The summed E-state index contributed by atoms with van der Waals surface area (Å²) >= 11 is 0. The van der Waals surface area contributed by atoms with Crippen LogP contribution < -0.4 is 10.2 Å². The van der Waals surface area contributed by atoms with E-state index in [1.165, 1.54) is 0 Å². The molecular formula is C20H23N5O. The number of para-hydroxylation sites is 2. The molecule has 1 fully saturated rings. The van der Waals surface area contributed by atoms with E-state index in [1.807, 2.05) is 36.4 Å². The number of fused-ring (bicyclic) bond motifs is 1. The largest absolute Gasteiger partial charge is 0.350 e. The first kappa shape index (κ1) is 16.6. The van der Waals surface area contributed by atoms with Gasteiger partial charge in [0, 0.05) is 32.3 Å². The minimum absolute atomic E-state index is 0.0599. The molecule has 0 bridgehead atoms. The van der Waals surface area contributed by atoms with Crippen molar-refractivity contribution in [2.75, 3.05) is 18.0 Å². The molecule has 1 saturated heterocycles. The maximum absolute atomic E-state index is 12.4. The highest BCUT2D eigenvalue weighted by atomic mass is 16.1. The van der Waals surface area contributed by atoms with Gasteiger partial charge in [-0.1, -0.05) is 18.2 Å². The Labute approximate surface area is 152 Å². The van der Waals surface area contributed by atoms with Crippen molar-refractivity contribution in [2.45, 2.75) is 19.4 Å². The minimum atomic E-state index is 0.0599. The maximum Gasteiger partial charge on any atom is 0.223 e. The van der Waals surface area contributed by atoms with E-state index in [1.54, 1.807) is 6.20 Å². The Kier molecular flexibility index (Phi) is 4.56. The number of anilines is 1. The number of nitrogens with one attached hydrogen (secondary N) is 1. The molecule has 4 rings (SSSR count). The Morgan fingerprint density at radius 3 is 2.65 bits per heavy atom. The highest BCUT2D eigenvalue weighted by Gasteiger charge is 2.27. The number of hydrogen-bond acceptors (Lipinski definition) is 4. The van der Waals surface area contributed by atoms with Crippen LogP contribution in [-0.2, 0) is 18.4 Å². The molecule has 3 heterocycles. The molecule has 1 aliphatic heterocycles. The van der Waals surface area contributed by atoms with Crippen molar-refractivity contribution in [2.24, 2.45) is 13.0 Å². The van der Waals surface area contributed by atoms with E-state index < -0.39 is 0 Å². The Bertz CT molecular complexity index is 897. The molecule has 1 N–H and O–H groups in total. The second-order valence-corrected chi connectivity index (χ2v) is 6.76. The molecule has 6 nitrogen and oxygen atoms in total. The van der Waals surface area contributed by atoms with Gasteiger partial charge in [-0.05, 0) is 37.1 Å². The maximum atomic E-state index is 12.4. The van der Waals surface area contributed by atoms with Crippen LogP contribution in [0, 0.1) is 5.92 Å². The lowest BCUT2D eigenvalue weighted by atomic mass is 9.96. The van der Waals surface area contributed by atoms with E-state index in [0.29, 0.717) is 6.54 Å². The summed E-state index contributed by atoms with van der Waals surface area (Å²) in [4.78, 5) is 23.7. The molecule has 0 saturated carbocycles. The van der Waals surface area contributed by atoms with Crippen molar-refractivity contribution in [3.05, 3.63) is 54.4 Å². The third-order valence-corrected chi connectivity index (χ3v) is 5.08. The van der Waals surface area contributed by atoms with Crippen molar-refractivity contribution in [3.63, 3.8) is 0 Å². The van der Waals surface area contributed by atoms with Gasteiger partial charge in [-0.25, -0.2) is 4.98 Å². The Morgan fingerprint density at radius 1 is 1.15 bits per heavy atom. The second kappa shape index (κ2) is 7.15. The number of aryl methyl sites for hydroxylation is 1. The first-order chi connectivity index (χ1) is 12.7. The average Bonchev–Trinajstić information content (AvgIpc) is 3.04. The number of amides is 1. The van der Waals surface area contributed by atoms with E-state index in [0.717, 1.165) is 48.6 Å². The molecule has 1 aliphatic rings. The van der Waals surface area contributed by atoms with Crippen molar-refractivity contribution >= 4 is 22.9 Å². The summed E-state index contributed by atoms with van der Waals surface area (Å²) in [6, 6.07) is 13.9. The van der Waals surface area contributed by atoms with Crippen molar-refractivity contribution < 1.29 is 4.79 Å². The Hall–Kier alpha value is -2.89. The molecular weight excluding hydrogens is 326 g/mol. The van der Waals surface area contributed by atoms with Gasteiger partial charge >= 0.3 is 0 Å². The SMILES string of the molecule is Cn1c(N2CCC(C(=O)NCc3ccccn3)CC2)nc2ccccc21. The van der Waals surface area contributed by atoms with Crippen LogP contribution in [0.3, 0.4) is 0 Å². The molecule has 3 aromatic rings. The van der Waals surface area contributed by atoms with Gasteiger partial charge in [-0.2, -0.15) is 0 Å². The normalized spacial score (nSPS) is 15.3. The number of benzene rings is 1. The number of piperidine rings is 1. The highest BCUT2D eigenvalue weighted by Crippen LogP contribution is 2.26. The first-order valence-corrected chi connectivity index (χ1v) is 9.06. The quantitative estimate of drug-likeness (QED) is 0.786. The molecule has 134 valence electrons. The zero-order valence-corrected chi connectivity index (χ0v) is 14.9. The summed E-state index contributed by atoms with van der Waals surface area (Å²) in [5.74, 6) is 1.17. The lowest BCUT2D eigenvalue weighted by molar-refractivity contribution is -0.125. The van der Waals surface area contributed by atoms with Gasteiger partial charge < -0.3 is 14.8 Å². The van der Waals surface area contributed by atoms with Crippen LogP contribution in [0.2, 0.25) is 0 Å². The molecule has 26 heavy (non-hydrogen) atoms. The van der Waals surface area contributed by atoms with Crippen LogP contribution in [0.5, 0.6) is 0 Å². The van der Waals surface area contributed by atoms with Gasteiger partial charge in [0.05, 0.1) is 23.3 Å². The van der Waals surface area contributed by atoms with Crippen molar-refractivity contribution in [1.29, 1.82) is 0 Å². The van der Waals surface area contributed by atoms with Crippen LogP contribution >= 0.6 is 0 Å². The average molecular weight is 349 g/mol. The van der Waals surface area contributed by atoms with E-state index >= 15 is 0 Å². The lowest BCUT2D eigenvalue weighted by Gasteiger charge is -2.32. The van der Waals surface area contributed by atoms with Gasteiger partial charge in [-0.15, -0.1) is 0 Å². The number of pyridine rings is 1. The van der Waals surface area contributed by atoms with Crippen LogP contribution in [0.1, 0.15) is 18.5 Å². The number of carbonyl (C=O) groups is 1. The highest BCUT2D eigenvalue weighted by molar-refractivity contribution is 5.80. The molecule has 1 aromatic carbocycles. The smallest absolute Gasteiger partial charge is 0.223 e. The van der Waals surface area contributed by atoms with E-state index in [-0.39, 0.29) is 11.8 Å². The van der Waals surface area contributed by atoms with Gasteiger partial charge in [0.25, 0.3) is 0 Å². The molecule has 1 amide bonds. The summed E-state index contributed by atoms with van der Waals surface area (Å²) in [7, 11) is 2.05. The minimum Gasteiger partial charge on any atom is -0.350 e. The molecule has 6 heteroatoms. The fraction of sp³-hybridized carbons (Fsp3) is 0.350. The molecule has 0 atom stereocenters. The zero-order valence-electron chi connectivity index (χ0n) is 14.9. The molecule has 0 radical (unpaired) electrons. The van der Waals surface area contributed by atoms with Gasteiger partial charge in [0.15, 0.2) is 0 Å².